The molecule has 0 fully saturated rings. The van der Waals surface area contributed by atoms with Crippen LogP contribution in [0.15, 0.2) is 73.1 Å². The molecule has 0 aliphatic rings. The number of pyridine rings is 1. The van der Waals surface area contributed by atoms with Gasteiger partial charge in [-0.1, -0.05) is 36.4 Å². The molecule has 120 valence electrons. The number of Topliss-reactive ketones (excluding diaryl/α,β-unsaturated/α-hetero) is 1. The predicted molar refractivity (Wildman–Crippen MR) is 95.8 cm³/mol. The lowest BCUT2D eigenvalue weighted by atomic mass is 9.99. The van der Waals surface area contributed by atoms with Crippen LogP contribution in [0.1, 0.15) is 27.0 Å². The monoisotopic (exact) mass is 317 g/mol. The van der Waals surface area contributed by atoms with E-state index in [9.17, 15) is 4.79 Å². The fraction of sp³-hybridized carbons (Fsp3) is 0.143. The number of aromatic nitrogens is 1. The van der Waals surface area contributed by atoms with Crippen LogP contribution in [0.5, 0.6) is 0 Å². The maximum Gasteiger partial charge on any atom is 0.168 e. The average Bonchev–Trinajstić information content (AvgIpc) is 2.59. The van der Waals surface area contributed by atoms with Crippen molar-refractivity contribution in [3.63, 3.8) is 0 Å². The van der Waals surface area contributed by atoms with Crippen LogP contribution in [0.2, 0.25) is 0 Å². The maximum atomic E-state index is 12.4. The van der Waals surface area contributed by atoms with Gasteiger partial charge in [0.2, 0.25) is 0 Å². The topological polar surface area (TPSA) is 47.0 Å². The van der Waals surface area contributed by atoms with Gasteiger partial charge >= 0.3 is 0 Å². The van der Waals surface area contributed by atoms with E-state index in [2.05, 4.69) is 12.1 Å². The van der Waals surface area contributed by atoms with E-state index in [0.29, 0.717) is 12.1 Å². The molecule has 0 atom stereocenters. The molecule has 3 aromatic rings. The van der Waals surface area contributed by atoms with Crippen LogP contribution < -0.4 is 10.3 Å². The highest BCUT2D eigenvalue weighted by Gasteiger charge is 2.07. The second-order valence-electron chi connectivity index (χ2n) is 6.09. The van der Waals surface area contributed by atoms with Crippen LogP contribution in [0.25, 0.3) is 0 Å². The van der Waals surface area contributed by atoms with Crippen molar-refractivity contribution in [1.82, 2.24) is 0 Å². The molecule has 3 heteroatoms. The lowest BCUT2D eigenvalue weighted by Crippen LogP contribution is -2.25. The van der Waals surface area contributed by atoms with Crippen molar-refractivity contribution < 1.29 is 9.36 Å². The van der Waals surface area contributed by atoms with Crippen molar-refractivity contribution in [3.8, 4) is 0 Å². The van der Waals surface area contributed by atoms with Crippen molar-refractivity contribution in [2.45, 2.75) is 12.8 Å². The third-order valence-corrected chi connectivity index (χ3v) is 4.08. The van der Waals surface area contributed by atoms with Crippen LogP contribution in [-0.2, 0) is 19.9 Å². The summed E-state index contributed by atoms with van der Waals surface area (Å²) in [6.45, 7) is 0. The first-order valence-electron chi connectivity index (χ1n) is 8.01. The van der Waals surface area contributed by atoms with Gasteiger partial charge in [0.25, 0.3) is 0 Å². The summed E-state index contributed by atoms with van der Waals surface area (Å²) in [6.07, 6.45) is 5.35. The van der Waals surface area contributed by atoms with Crippen molar-refractivity contribution in [2.24, 2.45) is 7.05 Å². The van der Waals surface area contributed by atoms with Crippen LogP contribution in [0, 0.1) is 0 Å². The van der Waals surface area contributed by atoms with E-state index < -0.39 is 0 Å². The normalized spacial score (nSPS) is 10.5. The number of anilines is 1. The van der Waals surface area contributed by atoms with E-state index in [4.69, 9.17) is 5.73 Å². The Morgan fingerprint density at radius 2 is 1.38 bits per heavy atom. The maximum absolute atomic E-state index is 12.4. The Balaban J connectivity index is 1.66. The van der Waals surface area contributed by atoms with Crippen LogP contribution in [0.3, 0.4) is 0 Å². The summed E-state index contributed by atoms with van der Waals surface area (Å²) in [5.74, 6) is 0.123. The predicted octanol–water partition coefficient (Wildman–Crippen LogP) is 3.11. The van der Waals surface area contributed by atoms with Crippen molar-refractivity contribution in [1.29, 1.82) is 0 Å². The van der Waals surface area contributed by atoms with Gasteiger partial charge < -0.3 is 5.73 Å². The molecular formula is C21H21N2O+. The van der Waals surface area contributed by atoms with Gasteiger partial charge in [0.1, 0.15) is 7.05 Å². The number of hydrogen-bond donors (Lipinski definition) is 1. The number of aryl methyl sites for hydroxylation is 1. The Morgan fingerprint density at radius 1 is 0.833 bits per heavy atom. The molecule has 3 nitrogen and oxygen atoms in total. The van der Waals surface area contributed by atoms with Crippen molar-refractivity contribution in [2.75, 3.05) is 5.73 Å². The standard InChI is InChI=1S/C21H21N2O/c1-23-12-10-18(11-13-23)14-16-2-6-19(7-3-16)21(24)15-17-4-8-20(22)9-5-17/h2-13H,14-15,22H2,1H3/q+1. The van der Waals surface area contributed by atoms with Gasteiger partial charge in [0, 0.05) is 29.8 Å². The van der Waals surface area contributed by atoms with Gasteiger partial charge in [0.05, 0.1) is 0 Å². The van der Waals surface area contributed by atoms with Gasteiger partial charge in [-0.25, -0.2) is 4.57 Å². The summed E-state index contributed by atoms with van der Waals surface area (Å²) in [5, 5.41) is 0. The quantitative estimate of drug-likeness (QED) is 0.446. The van der Waals surface area contributed by atoms with Crippen molar-refractivity contribution >= 4 is 11.5 Å². The molecular weight excluding hydrogens is 296 g/mol. The molecule has 2 N–H and O–H groups in total. The molecule has 0 radical (unpaired) electrons. The molecule has 1 heterocycles. The lowest BCUT2D eigenvalue weighted by molar-refractivity contribution is -0.671. The third-order valence-electron chi connectivity index (χ3n) is 4.08. The van der Waals surface area contributed by atoms with Crippen molar-refractivity contribution in [3.05, 3.63) is 95.3 Å². The average molecular weight is 317 g/mol. The summed E-state index contributed by atoms with van der Waals surface area (Å²) in [6, 6.07) is 19.6. The molecule has 0 aliphatic heterocycles. The molecule has 3 rings (SSSR count). The summed E-state index contributed by atoms with van der Waals surface area (Å²) in [7, 11) is 2.01. The minimum absolute atomic E-state index is 0.123. The van der Waals surface area contributed by atoms with E-state index in [-0.39, 0.29) is 5.78 Å². The largest absolute Gasteiger partial charge is 0.399 e. The Morgan fingerprint density at radius 3 is 2.00 bits per heavy atom. The fourth-order valence-electron chi connectivity index (χ4n) is 2.62. The summed E-state index contributed by atoms with van der Waals surface area (Å²) < 4.78 is 2.02. The second-order valence-corrected chi connectivity index (χ2v) is 6.09. The molecule has 0 unspecified atom stereocenters. The highest BCUT2D eigenvalue weighted by Crippen LogP contribution is 2.13. The Bertz CT molecular complexity index is 819. The van der Waals surface area contributed by atoms with Crippen LogP contribution >= 0.6 is 0 Å². The number of rotatable bonds is 5. The van der Waals surface area contributed by atoms with E-state index in [1.807, 2.05) is 72.5 Å². The van der Waals surface area contributed by atoms with E-state index in [1.54, 1.807) is 0 Å². The number of benzene rings is 2. The van der Waals surface area contributed by atoms with Gasteiger partial charge in [-0.15, -0.1) is 0 Å². The zero-order valence-corrected chi connectivity index (χ0v) is 13.8. The number of hydrogen-bond acceptors (Lipinski definition) is 2. The number of nitrogens with two attached hydrogens (primary N) is 1. The highest BCUT2D eigenvalue weighted by atomic mass is 16.1. The molecule has 0 saturated heterocycles. The highest BCUT2D eigenvalue weighted by molar-refractivity contribution is 5.97. The molecule has 0 amide bonds. The van der Waals surface area contributed by atoms with Gasteiger partial charge in [0.15, 0.2) is 18.2 Å². The first kappa shape index (κ1) is 15.9. The number of carbonyl (C=O) groups excluding carboxylic acids is 1. The summed E-state index contributed by atoms with van der Waals surface area (Å²) in [5.41, 5.74) is 10.6. The van der Waals surface area contributed by atoms with Crippen LogP contribution in [-0.4, -0.2) is 5.78 Å². The SMILES string of the molecule is C[n+]1ccc(Cc2ccc(C(=O)Cc3ccc(N)cc3)cc2)cc1. The Labute approximate surface area is 142 Å². The molecule has 0 saturated carbocycles. The molecule has 1 aromatic heterocycles. The van der Waals surface area contributed by atoms with Crippen LogP contribution in [0.4, 0.5) is 5.69 Å². The minimum Gasteiger partial charge on any atom is -0.399 e. The molecule has 0 spiro atoms. The molecule has 0 bridgehead atoms. The number of nitrogen functional groups attached to an aromatic ring is 1. The van der Waals surface area contributed by atoms with Gasteiger partial charge in [-0.05, 0) is 35.2 Å². The lowest BCUT2D eigenvalue weighted by Gasteiger charge is -2.05. The number of carbonyl (C=O) groups is 1. The Kier molecular flexibility index (Phi) is 4.71. The first-order valence-corrected chi connectivity index (χ1v) is 8.01. The number of nitrogens with zero attached hydrogens (tertiary/aromatic N) is 1. The van der Waals surface area contributed by atoms with Gasteiger partial charge in [-0.2, -0.15) is 0 Å². The third kappa shape index (κ3) is 4.07. The molecule has 0 aliphatic carbocycles. The smallest absolute Gasteiger partial charge is 0.168 e. The zero-order chi connectivity index (χ0) is 16.9. The number of ketones is 1. The molecule has 2 aromatic carbocycles. The molecule has 24 heavy (non-hydrogen) atoms. The first-order chi connectivity index (χ1) is 11.6. The van der Waals surface area contributed by atoms with E-state index in [1.165, 1.54) is 11.1 Å². The zero-order valence-electron chi connectivity index (χ0n) is 13.8. The van der Waals surface area contributed by atoms with E-state index in [0.717, 1.165) is 17.5 Å². The fourth-order valence-corrected chi connectivity index (χ4v) is 2.62. The summed E-state index contributed by atoms with van der Waals surface area (Å²) >= 11 is 0. The second kappa shape index (κ2) is 7.09. The van der Waals surface area contributed by atoms with Gasteiger partial charge in [-0.3, -0.25) is 4.79 Å². The van der Waals surface area contributed by atoms with E-state index >= 15 is 0 Å². The summed E-state index contributed by atoms with van der Waals surface area (Å²) in [4.78, 5) is 12.4. The Hall–Kier alpha value is -2.94. The minimum atomic E-state index is 0.123.